The summed E-state index contributed by atoms with van der Waals surface area (Å²) in [6.07, 6.45) is 0. The number of carbonyl (C=O) groups is 1. The average Bonchev–Trinajstić information content (AvgIpc) is 2.90. The van der Waals surface area contributed by atoms with Crippen molar-refractivity contribution in [2.45, 2.75) is 39.7 Å². The van der Waals surface area contributed by atoms with Crippen LogP contribution in [0.25, 0.3) is 0 Å². The zero-order chi connectivity index (χ0) is 27.1. The van der Waals surface area contributed by atoms with Crippen molar-refractivity contribution < 1.29 is 19.0 Å². The molecule has 0 fully saturated rings. The number of amides is 1. The first kappa shape index (κ1) is 27.1. The third-order valence-electron chi connectivity index (χ3n) is 5.90. The van der Waals surface area contributed by atoms with Crippen LogP contribution < -0.4 is 19.5 Å². The van der Waals surface area contributed by atoms with E-state index in [4.69, 9.17) is 25.8 Å². The number of carbonyl (C=O) groups excluding carboxylic acids is 1. The molecular formula is C32H32ClNO4. The number of nitrogens with one attached hydrogen (secondary N) is 1. The molecule has 38 heavy (non-hydrogen) atoms. The van der Waals surface area contributed by atoms with Crippen LogP contribution in [-0.4, -0.2) is 12.5 Å². The summed E-state index contributed by atoms with van der Waals surface area (Å²) in [6, 6.07) is 27.8. The Labute approximate surface area is 229 Å². The monoisotopic (exact) mass is 529 g/mol. The zero-order valence-electron chi connectivity index (χ0n) is 22.1. The van der Waals surface area contributed by atoms with Crippen LogP contribution in [0.15, 0.2) is 91.0 Å². The van der Waals surface area contributed by atoms with Crippen molar-refractivity contribution >= 4 is 23.2 Å². The van der Waals surface area contributed by atoms with Crippen LogP contribution in [0.1, 0.15) is 49.2 Å². The second-order valence-corrected chi connectivity index (χ2v) is 10.3. The molecule has 0 aliphatic carbocycles. The Morgan fingerprint density at radius 3 is 2.21 bits per heavy atom. The van der Waals surface area contributed by atoms with Gasteiger partial charge < -0.3 is 19.5 Å². The highest BCUT2D eigenvalue weighted by molar-refractivity contribution is 6.31. The molecule has 0 radical (unpaired) electrons. The molecular weight excluding hydrogens is 498 g/mol. The number of rotatable bonds is 9. The second kappa shape index (κ2) is 12.1. The van der Waals surface area contributed by atoms with Crippen LogP contribution in [0.5, 0.6) is 23.0 Å². The molecule has 1 N–H and O–H groups in total. The molecule has 4 rings (SSSR count). The summed E-state index contributed by atoms with van der Waals surface area (Å²) in [6.45, 7) is 9.20. The predicted molar refractivity (Wildman–Crippen MR) is 153 cm³/mol. The smallest absolute Gasteiger partial charge is 0.255 e. The lowest BCUT2D eigenvalue weighted by molar-refractivity contribution is 0.102. The second-order valence-electron chi connectivity index (χ2n) is 9.83. The highest BCUT2D eigenvalue weighted by Gasteiger charge is 2.16. The van der Waals surface area contributed by atoms with E-state index in [1.165, 1.54) is 5.56 Å². The van der Waals surface area contributed by atoms with Crippen LogP contribution in [0.4, 0.5) is 5.69 Å². The van der Waals surface area contributed by atoms with Gasteiger partial charge in [-0.25, -0.2) is 0 Å². The normalized spacial score (nSPS) is 11.1. The number of hydrogen-bond donors (Lipinski definition) is 1. The van der Waals surface area contributed by atoms with E-state index in [2.05, 4.69) is 38.2 Å². The van der Waals surface area contributed by atoms with Crippen molar-refractivity contribution in [3.8, 4) is 23.0 Å². The fourth-order valence-electron chi connectivity index (χ4n) is 3.84. The summed E-state index contributed by atoms with van der Waals surface area (Å²) in [7, 11) is 0. The van der Waals surface area contributed by atoms with Crippen molar-refractivity contribution in [3.05, 3.63) is 113 Å². The van der Waals surface area contributed by atoms with E-state index in [1.807, 2.05) is 49.4 Å². The first-order valence-corrected chi connectivity index (χ1v) is 12.9. The van der Waals surface area contributed by atoms with Crippen LogP contribution in [0, 0.1) is 0 Å². The SMILES string of the molecule is CCOc1ccc(C(=O)Nc2cc(Cl)ccc2Oc2ccccc2)cc1COc1ccc(C(C)(C)C)cc1. The predicted octanol–water partition coefficient (Wildman–Crippen LogP) is 8.66. The van der Waals surface area contributed by atoms with E-state index in [9.17, 15) is 4.79 Å². The van der Waals surface area contributed by atoms with Gasteiger partial charge in [0.05, 0.1) is 12.3 Å². The maximum absolute atomic E-state index is 13.3. The van der Waals surface area contributed by atoms with Gasteiger partial charge in [0, 0.05) is 16.1 Å². The Kier molecular flexibility index (Phi) is 8.59. The average molecular weight is 530 g/mol. The topological polar surface area (TPSA) is 56.8 Å². The number of ether oxygens (including phenoxy) is 3. The van der Waals surface area contributed by atoms with E-state index in [0.717, 1.165) is 11.3 Å². The minimum Gasteiger partial charge on any atom is -0.493 e. The Balaban J connectivity index is 1.53. The third-order valence-corrected chi connectivity index (χ3v) is 6.13. The summed E-state index contributed by atoms with van der Waals surface area (Å²) in [5.41, 5.74) is 3.00. The summed E-state index contributed by atoms with van der Waals surface area (Å²) in [5.74, 6) is 2.26. The van der Waals surface area contributed by atoms with Gasteiger partial charge >= 0.3 is 0 Å². The fraction of sp³-hybridized carbons (Fsp3) is 0.219. The molecule has 0 bridgehead atoms. The van der Waals surface area contributed by atoms with Crippen LogP contribution in [-0.2, 0) is 12.0 Å². The van der Waals surface area contributed by atoms with Gasteiger partial charge in [0.1, 0.15) is 23.9 Å². The summed E-state index contributed by atoms with van der Waals surface area (Å²) in [5, 5.41) is 3.42. The maximum atomic E-state index is 13.3. The van der Waals surface area contributed by atoms with Crippen molar-refractivity contribution in [3.63, 3.8) is 0 Å². The molecule has 6 heteroatoms. The number of hydrogen-bond acceptors (Lipinski definition) is 4. The molecule has 0 unspecified atom stereocenters. The molecule has 4 aromatic rings. The van der Waals surface area contributed by atoms with E-state index >= 15 is 0 Å². The Hall–Kier alpha value is -3.96. The molecule has 0 atom stereocenters. The molecule has 0 saturated heterocycles. The minimum atomic E-state index is -0.302. The van der Waals surface area contributed by atoms with Gasteiger partial charge in [0.25, 0.3) is 5.91 Å². The van der Waals surface area contributed by atoms with Gasteiger partial charge in [0.15, 0.2) is 5.75 Å². The molecule has 196 valence electrons. The van der Waals surface area contributed by atoms with Crippen molar-refractivity contribution in [2.24, 2.45) is 0 Å². The van der Waals surface area contributed by atoms with Crippen molar-refractivity contribution in [1.82, 2.24) is 0 Å². The molecule has 0 spiro atoms. The maximum Gasteiger partial charge on any atom is 0.255 e. The number of anilines is 1. The van der Waals surface area contributed by atoms with Gasteiger partial charge in [-0.05, 0) is 78.6 Å². The highest BCUT2D eigenvalue weighted by atomic mass is 35.5. The Morgan fingerprint density at radius 2 is 1.53 bits per heavy atom. The molecule has 0 aromatic heterocycles. The molecule has 0 saturated carbocycles. The third kappa shape index (κ3) is 7.08. The number of para-hydroxylation sites is 1. The molecule has 0 aliphatic rings. The molecule has 4 aromatic carbocycles. The first-order valence-electron chi connectivity index (χ1n) is 12.6. The minimum absolute atomic E-state index is 0.0668. The van der Waals surface area contributed by atoms with Crippen LogP contribution in [0.3, 0.4) is 0 Å². The van der Waals surface area contributed by atoms with Gasteiger partial charge in [0.2, 0.25) is 0 Å². The van der Waals surface area contributed by atoms with Gasteiger partial charge in [-0.2, -0.15) is 0 Å². The lowest BCUT2D eigenvalue weighted by Crippen LogP contribution is -2.14. The van der Waals surface area contributed by atoms with E-state index < -0.39 is 0 Å². The van der Waals surface area contributed by atoms with Crippen LogP contribution in [0.2, 0.25) is 5.02 Å². The fourth-order valence-corrected chi connectivity index (χ4v) is 4.01. The highest BCUT2D eigenvalue weighted by Crippen LogP contribution is 2.33. The van der Waals surface area contributed by atoms with Crippen molar-refractivity contribution in [2.75, 3.05) is 11.9 Å². The summed E-state index contributed by atoms with van der Waals surface area (Å²) in [4.78, 5) is 13.3. The summed E-state index contributed by atoms with van der Waals surface area (Å²) >= 11 is 6.22. The van der Waals surface area contributed by atoms with Crippen LogP contribution >= 0.6 is 11.6 Å². The van der Waals surface area contributed by atoms with E-state index in [-0.39, 0.29) is 17.9 Å². The van der Waals surface area contributed by atoms with Gasteiger partial charge in [-0.3, -0.25) is 4.79 Å². The number of benzene rings is 4. The van der Waals surface area contributed by atoms with E-state index in [0.29, 0.717) is 40.1 Å². The molecule has 0 heterocycles. The van der Waals surface area contributed by atoms with E-state index in [1.54, 1.807) is 36.4 Å². The van der Waals surface area contributed by atoms with Gasteiger partial charge in [-0.15, -0.1) is 0 Å². The lowest BCUT2D eigenvalue weighted by Gasteiger charge is -2.19. The zero-order valence-corrected chi connectivity index (χ0v) is 22.8. The number of halogens is 1. The summed E-state index contributed by atoms with van der Waals surface area (Å²) < 4.78 is 17.8. The quantitative estimate of drug-likeness (QED) is 0.235. The largest absolute Gasteiger partial charge is 0.493 e. The molecule has 1 amide bonds. The first-order chi connectivity index (χ1) is 18.2. The standard InChI is InChI=1S/C32H32ClNO4/c1-5-36-29-17-11-22(19-23(29)21-37-26-15-12-24(13-16-26)32(2,3)4)31(35)34-28-20-25(33)14-18-30(28)38-27-9-7-6-8-10-27/h6-20H,5,21H2,1-4H3,(H,34,35). The lowest BCUT2D eigenvalue weighted by atomic mass is 9.87. The van der Waals surface area contributed by atoms with Crippen molar-refractivity contribution in [1.29, 1.82) is 0 Å². The molecule has 0 aliphatic heterocycles. The van der Waals surface area contributed by atoms with Gasteiger partial charge in [-0.1, -0.05) is 62.7 Å². The molecule has 5 nitrogen and oxygen atoms in total. The Bertz CT molecular complexity index is 1380. The Morgan fingerprint density at radius 1 is 0.816 bits per heavy atom.